The highest BCUT2D eigenvalue weighted by atomic mass is 16.5. The van der Waals surface area contributed by atoms with Crippen molar-refractivity contribution < 1.29 is 29.3 Å². The van der Waals surface area contributed by atoms with Gasteiger partial charge in [0.05, 0.1) is 24.8 Å². The van der Waals surface area contributed by atoms with Crippen LogP contribution in [0.5, 0.6) is 11.5 Å². The first kappa shape index (κ1) is 33.7. The first-order valence-corrected chi connectivity index (χ1v) is 15.6. The molecule has 11 heteroatoms. The van der Waals surface area contributed by atoms with Crippen molar-refractivity contribution in [3.63, 3.8) is 0 Å². The smallest absolute Gasteiger partial charge is 0.407 e. The summed E-state index contributed by atoms with van der Waals surface area (Å²) < 4.78 is 10.9. The Labute approximate surface area is 277 Å². The van der Waals surface area contributed by atoms with Crippen molar-refractivity contribution in [1.82, 2.24) is 20.9 Å². The lowest BCUT2D eigenvalue weighted by molar-refractivity contribution is 0.0952. The van der Waals surface area contributed by atoms with E-state index in [9.17, 15) is 24.6 Å². The molecule has 5 rings (SSSR count). The Morgan fingerprint density at radius 3 is 2.42 bits per heavy atom. The molecule has 248 valence electrons. The Morgan fingerprint density at radius 2 is 1.65 bits per heavy atom. The number of hydrogen-bond acceptors (Lipinski definition) is 8. The number of aromatic amines is 1. The number of aromatic hydroxyl groups is 1. The molecule has 0 saturated carbocycles. The number of methoxy groups -OCH3 is 1. The molecule has 5 aromatic rings. The molecule has 2 amide bonds. The van der Waals surface area contributed by atoms with E-state index in [0.29, 0.717) is 48.4 Å². The lowest BCUT2D eigenvalue weighted by atomic mass is 9.98. The number of ether oxygens (including phenoxy) is 2. The van der Waals surface area contributed by atoms with E-state index in [2.05, 4.69) is 20.9 Å². The molecule has 1 heterocycles. The average Bonchev–Trinajstić information content (AvgIpc) is 3.12. The highest BCUT2D eigenvalue weighted by Gasteiger charge is 2.18. The summed E-state index contributed by atoms with van der Waals surface area (Å²) in [6.07, 6.45) is -0.740. The van der Waals surface area contributed by atoms with E-state index in [1.807, 2.05) is 66.7 Å². The van der Waals surface area contributed by atoms with E-state index in [4.69, 9.17) is 9.47 Å². The second-order valence-corrected chi connectivity index (χ2v) is 11.2. The first-order chi connectivity index (χ1) is 23.3. The second kappa shape index (κ2) is 16.3. The fourth-order valence-corrected chi connectivity index (χ4v) is 5.30. The normalized spacial score (nSPS) is 12.2. The van der Waals surface area contributed by atoms with Gasteiger partial charge in [-0.2, -0.15) is 0 Å². The summed E-state index contributed by atoms with van der Waals surface area (Å²) in [6.45, 7) is 1.56. The second-order valence-electron chi connectivity index (χ2n) is 11.2. The SMILES string of the molecule is COC(=O)NC(c1ccccc1)c1cccc(OCc2ccc(C(=O)NCCCNCC(O)c3ccc(O)c4[nH]c(=O)ccc34)cc2)c1. The molecule has 2 atom stereocenters. The molecule has 0 saturated heterocycles. The van der Waals surface area contributed by atoms with Gasteiger partial charge in [0.2, 0.25) is 5.56 Å². The molecule has 1 aromatic heterocycles. The molecular formula is C37H38N4O7. The molecular weight excluding hydrogens is 612 g/mol. The summed E-state index contributed by atoms with van der Waals surface area (Å²) in [5.74, 6) is 0.386. The van der Waals surface area contributed by atoms with Crippen LogP contribution >= 0.6 is 0 Å². The number of phenols is 1. The van der Waals surface area contributed by atoms with Gasteiger partial charge in [0, 0.05) is 30.1 Å². The molecule has 0 radical (unpaired) electrons. The fraction of sp³-hybridized carbons (Fsp3) is 0.216. The van der Waals surface area contributed by atoms with Gasteiger partial charge in [-0.15, -0.1) is 0 Å². The Kier molecular flexibility index (Phi) is 11.4. The number of aliphatic hydroxyl groups excluding tert-OH is 1. The minimum absolute atomic E-state index is 0.0588. The number of aromatic nitrogens is 1. The van der Waals surface area contributed by atoms with Gasteiger partial charge in [-0.3, -0.25) is 9.59 Å². The minimum atomic E-state index is -0.852. The van der Waals surface area contributed by atoms with Crippen molar-refractivity contribution in [2.75, 3.05) is 26.7 Å². The number of amides is 2. The van der Waals surface area contributed by atoms with E-state index in [1.165, 1.54) is 19.2 Å². The zero-order valence-electron chi connectivity index (χ0n) is 26.4. The zero-order chi connectivity index (χ0) is 33.9. The lowest BCUT2D eigenvalue weighted by Gasteiger charge is -2.20. The Balaban J connectivity index is 1.06. The van der Waals surface area contributed by atoms with Crippen LogP contribution in [-0.4, -0.2) is 53.9 Å². The molecule has 0 spiro atoms. The summed E-state index contributed by atoms with van der Waals surface area (Å²) in [5.41, 5.74) is 3.71. The van der Waals surface area contributed by atoms with Crippen LogP contribution in [0.2, 0.25) is 0 Å². The van der Waals surface area contributed by atoms with Crippen molar-refractivity contribution in [2.45, 2.75) is 25.2 Å². The summed E-state index contributed by atoms with van der Waals surface area (Å²) in [5, 5.41) is 30.3. The van der Waals surface area contributed by atoms with Gasteiger partial charge in [0.25, 0.3) is 5.91 Å². The molecule has 0 aliphatic rings. The van der Waals surface area contributed by atoms with Gasteiger partial charge in [-0.1, -0.05) is 60.7 Å². The highest BCUT2D eigenvalue weighted by molar-refractivity contribution is 5.94. The molecule has 6 N–H and O–H groups in total. The van der Waals surface area contributed by atoms with Crippen LogP contribution in [-0.2, 0) is 11.3 Å². The lowest BCUT2D eigenvalue weighted by Crippen LogP contribution is -2.29. The maximum atomic E-state index is 12.7. The number of benzene rings is 4. The monoisotopic (exact) mass is 650 g/mol. The predicted octanol–water partition coefficient (Wildman–Crippen LogP) is 4.70. The molecule has 2 unspecified atom stereocenters. The maximum Gasteiger partial charge on any atom is 0.407 e. The summed E-state index contributed by atoms with van der Waals surface area (Å²) in [6, 6.07) is 29.9. The number of carbonyl (C=O) groups excluding carboxylic acids is 2. The largest absolute Gasteiger partial charge is 0.506 e. The number of phenolic OH excluding ortho intramolecular Hbond substituents is 1. The fourth-order valence-electron chi connectivity index (χ4n) is 5.30. The third-order valence-electron chi connectivity index (χ3n) is 7.81. The highest BCUT2D eigenvalue weighted by Crippen LogP contribution is 2.29. The number of nitrogens with one attached hydrogen (secondary N) is 4. The number of aliphatic hydroxyl groups is 1. The van der Waals surface area contributed by atoms with Gasteiger partial charge in [-0.05, 0) is 71.6 Å². The Morgan fingerprint density at radius 1 is 0.875 bits per heavy atom. The average molecular weight is 651 g/mol. The Bertz CT molecular complexity index is 1890. The van der Waals surface area contributed by atoms with Crippen molar-refractivity contribution in [1.29, 1.82) is 0 Å². The summed E-state index contributed by atoms with van der Waals surface area (Å²) in [4.78, 5) is 38.9. The number of hydrogen-bond donors (Lipinski definition) is 6. The standard InChI is InChI=1S/C37H38N4O7/c1-47-37(46)41-34(25-7-3-2-4-8-25)27-9-5-10-28(21-27)48-23-24-11-13-26(14-12-24)36(45)39-20-6-19-38-22-32(43)29-15-17-31(42)35-30(29)16-18-33(44)40-35/h2-5,7-18,21,32,34,38,42-43H,6,19-20,22-23H2,1H3,(H,39,45)(H,40,44)(H,41,46). The van der Waals surface area contributed by atoms with Crippen LogP contribution in [0.1, 0.15) is 51.2 Å². The predicted molar refractivity (Wildman–Crippen MR) is 182 cm³/mol. The van der Waals surface area contributed by atoms with Gasteiger partial charge in [0.15, 0.2) is 0 Å². The number of fused-ring (bicyclic) bond motifs is 1. The van der Waals surface area contributed by atoms with Crippen molar-refractivity contribution in [3.8, 4) is 11.5 Å². The van der Waals surface area contributed by atoms with Crippen molar-refractivity contribution >= 4 is 22.9 Å². The molecule has 0 fully saturated rings. The van der Waals surface area contributed by atoms with Crippen LogP contribution in [0.15, 0.2) is 108 Å². The third kappa shape index (κ3) is 8.78. The van der Waals surface area contributed by atoms with Gasteiger partial charge < -0.3 is 40.6 Å². The van der Waals surface area contributed by atoms with Gasteiger partial charge >= 0.3 is 6.09 Å². The number of carbonyl (C=O) groups is 2. The van der Waals surface area contributed by atoms with Gasteiger partial charge in [-0.25, -0.2) is 4.79 Å². The van der Waals surface area contributed by atoms with E-state index in [-0.39, 0.29) is 29.3 Å². The minimum Gasteiger partial charge on any atom is -0.506 e. The van der Waals surface area contributed by atoms with Crippen molar-refractivity contribution in [3.05, 3.63) is 141 Å². The molecule has 0 aliphatic heterocycles. The van der Waals surface area contributed by atoms with E-state index < -0.39 is 18.2 Å². The van der Waals surface area contributed by atoms with Crippen LogP contribution in [0, 0.1) is 0 Å². The van der Waals surface area contributed by atoms with E-state index in [1.54, 1.807) is 24.3 Å². The zero-order valence-corrected chi connectivity index (χ0v) is 26.4. The number of rotatable bonds is 14. The first-order valence-electron chi connectivity index (χ1n) is 15.6. The molecule has 0 bridgehead atoms. The number of H-pyrrole nitrogens is 1. The van der Waals surface area contributed by atoms with E-state index in [0.717, 1.165) is 16.7 Å². The maximum absolute atomic E-state index is 12.7. The Hall–Kier alpha value is -5.65. The molecule has 11 nitrogen and oxygen atoms in total. The molecule has 48 heavy (non-hydrogen) atoms. The summed E-state index contributed by atoms with van der Waals surface area (Å²) in [7, 11) is 1.33. The van der Waals surface area contributed by atoms with Crippen LogP contribution < -0.4 is 26.2 Å². The molecule has 0 aliphatic carbocycles. The van der Waals surface area contributed by atoms with Crippen LogP contribution in [0.25, 0.3) is 10.9 Å². The quantitative estimate of drug-likeness (QED) is 0.0943. The number of pyridine rings is 1. The van der Waals surface area contributed by atoms with Gasteiger partial charge in [0.1, 0.15) is 18.1 Å². The molecule has 4 aromatic carbocycles. The topological polar surface area (TPSA) is 162 Å². The number of alkyl carbamates (subject to hydrolysis) is 1. The summed E-state index contributed by atoms with van der Waals surface area (Å²) >= 11 is 0. The van der Waals surface area contributed by atoms with Crippen LogP contribution in [0.3, 0.4) is 0 Å². The van der Waals surface area contributed by atoms with Crippen LogP contribution in [0.4, 0.5) is 4.79 Å². The van der Waals surface area contributed by atoms with E-state index >= 15 is 0 Å². The third-order valence-corrected chi connectivity index (χ3v) is 7.81. The van der Waals surface area contributed by atoms with Crippen molar-refractivity contribution in [2.24, 2.45) is 0 Å².